The minimum Gasteiger partial charge on any atom is -0.289 e. The standard InChI is InChI=1S/C11H10N6O2S/c1-5-6(2)13-11-15-10(16-17(11)9(5)19)14-8(18)7-3-20-4-12-7/h3-4H,1-2H3,(H2,13,14,15,16,18). The highest BCUT2D eigenvalue weighted by Gasteiger charge is 2.13. The average molecular weight is 290 g/mol. The third-order valence-corrected chi connectivity index (χ3v) is 3.45. The van der Waals surface area contributed by atoms with Gasteiger partial charge in [0.15, 0.2) is 0 Å². The highest BCUT2D eigenvalue weighted by atomic mass is 32.1. The SMILES string of the molecule is Cc1nc2nc(NC(=O)c3cscn3)[nH]n2c(=O)c1C. The van der Waals surface area contributed by atoms with Crippen LogP contribution in [0, 0.1) is 13.8 Å². The van der Waals surface area contributed by atoms with Crippen molar-refractivity contribution in [2.75, 3.05) is 5.32 Å². The lowest BCUT2D eigenvalue weighted by Gasteiger charge is -1.97. The van der Waals surface area contributed by atoms with Gasteiger partial charge in [0.25, 0.3) is 17.2 Å². The van der Waals surface area contributed by atoms with Gasteiger partial charge in [-0.2, -0.15) is 9.50 Å². The maximum Gasteiger partial charge on any atom is 0.277 e. The van der Waals surface area contributed by atoms with Crippen molar-refractivity contribution in [3.63, 3.8) is 0 Å². The zero-order valence-corrected chi connectivity index (χ0v) is 11.5. The summed E-state index contributed by atoms with van der Waals surface area (Å²) >= 11 is 1.32. The minimum absolute atomic E-state index is 0.151. The summed E-state index contributed by atoms with van der Waals surface area (Å²) < 4.78 is 1.19. The number of nitrogens with one attached hydrogen (secondary N) is 2. The fourth-order valence-corrected chi connectivity index (χ4v) is 2.19. The molecule has 0 aliphatic heterocycles. The molecule has 2 N–H and O–H groups in total. The summed E-state index contributed by atoms with van der Waals surface area (Å²) in [5.41, 5.74) is 2.76. The predicted octanol–water partition coefficient (Wildman–Crippen LogP) is 0.743. The van der Waals surface area contributed by atoms with E-state index in [0.717, 1.165) is 0 Å². The second-order valence-corrected chi connectivity index (χ2v) is 4.88. The van der Waals surface area contributed by atoms with E-state index in [0.29, 0.717) is 17.0 Å². The molecule has 0 saturated heterocycles. The predicted molar refractivity (Wildman–Crippen MR) is 73.1 cm³/mol. The third-order valence-electron chi connectivity index (χ3n) is 2.86. The Morgan fingerprint density at radius 2 is 2.20 bits per heavy atom. The summed E-state index contributed by atoms with van der Waals surface area (Å²) in [5, 5.41) is 6.86. The van der Waals surface area contributed by atoms with Crippen molar-refractivity contribution in [2.45, 2.75) is 13.8 Å². The molecule has 0 unspecified atom stereocenters. The molecular weight excluding hydrogens is 280 g/mol. The minimum atomic E-state index is -0.396. The number of hydrogen-bond donors (Lipinski definition) is 2. The average Bonchev–Trinajstić information content (AvgIpc) is 3.05. The van der Waals surface area contributed by atoms with Crippen LogP contribution in [0.25, 0.3) is 5.78 Å². The topological polar surface area (TPSA) is 105 Å². The van der Waals surface area contributed by atoms with Crippen LogP contribution < -0.4 is 10.9 Å². The maximum absolute atomic E-state index is 12.0. The van der Waals surface area contributed by atoms with Crippen LogP contribution in [0.3, 0.4) is 0 Å². The first-order valence-corrected chi connectivity index (χ1v) is 6.66. The monoisotopic (exact) mass is 290 g/mol. The van der Waals surface area contributed by atoms with E-state index in [-0.39, 0.29) is 17.3 Å². The van der Waals surface area contributed by atoms with Crippen molar-refractivity contribution in [3.05, 3.63) is 38.2 Å². The Balaban J connectivity index is 2.00. The van der Waals surface area contributed by atoms with Gasteiger partial charge in [-0.05, 0) is 13.8 Å². The van der Waals surface area contributed by atoms with Crippen molar-refractivity contribution in [1.82, 2.24) is 24.6 Å². The number of carbonyl (C=O) groups excluding carboxylic acids is 1. The first-order chi connectivity index (χ1) is 9.56. The number of amides is 1. The molecular formula is C11H10N6O2S. The number of anilines is 1. The highest BCUT2D eigenvalue weighted by Crippen LogP contribution is 2.07. The Hall–Kier alpha value is -2.55. The summed E-state index contributed by atoms with van der Waals surface area (Å²) in [6.07, 6.45) is 0. The number of fused-ring (bicyclic) bond motifs is 1. The molecule has 3 heterocycles. The van der Waals surface area contributed by atoms with Gasteiger partial charge < -0.3 is 0 Å². The van der Waals surface area contributed by atoms with Gasteiger partial charge in [0, 0.05) is 16.6 Å². The quantitative estimate of drug-likeness (QED) is 0.724. The first kappa shape index (κ1) is 12.5. The smallest absolute Gasteiger partial charge is 0.277 e. The first-order valence-electron chi connectivity index (χ1n) is 5.72. The zero-order valence-electron chi connectivity index (χ0n) is 10.7. The molecule has 0 aliphatic carbocycles. The number of aromatic amines is 1. The number of thiazole rings is 1. The lowest BCUT2D eigenvalue weighted by molar-refractivity contribution is 0.102. The number of nitrogens with zero attached hydrogens (tertiary/aromatic N) is 4. The lowest BCUT2D eigenvalue weighted by atomic mass is 10.3. The van der Waals surface area contributed by atoms with Gasteiger partial charge in [-0.3, -0.25) is 20.0 Å². The molecule has 3 rings (SSSR count). The van der Waals surface area contributed by atoms with E-state index < -0.39 is 5.91 Å². The Bertz CT molecular complexity index is 848. The molecule has 3 aromatic heterocycles. The van der Waals surface area contributed by atoms with Crippen LogP contribution in [0.5, 0.6) is 0 Å². The van der Waals surface area contributed by atoms with Crippen molar-refractivity contribution >= 4 is 29.0 Å². The number of H-pyrrole nitrogens is 1. The van der Waals surface area contributed by atoms with Crippen molar-refractivity contribution in [1.29, 1.82) is 0 Å². The Kier molecular flexibility index (Phi) is 2.83. The Morgan fingerprint density at radius 1 is 1.40 bits per heavy atom. The summed E-state index contributed by atoms with van der Waals surface area (Å²) in [6.45, 7) is 3.42. The Morgan fingerprint density at radius 3 is 2.90 bits per heavy atom. The van der Waals surface area contributed by atoms with E-state index >= 15 is 0 Å². The number of carbonyl (C=O) groups is 1. The van der Waals surface area contributed by atoms with Gasteiger partial charge in [0.2, 0.25) is 5.95 Å². The lowest BCUT2D eigenvalue weighted by Crippen LogP contribution is -2.19. The number of aromatic nitrogens is 5. The van der Waals surface area contributed by atoms with Crippen LogP contribution in [-0.4, -0.2) is 30.5 Å². The zero-order chi connectivity index (χ0) is 14.3. The van der Waals surface area contributed by atoms with E-state index in [9.17, 15) is 9.59 Å². The van der Waals surface area contributed by atoms with Gasteiger partial charge in [-0.15, -0.1) is 11.3 Å². The molecule has 0 fully saturated rings. The van der Waals surface area contributed by atoms with E-state index in [1.165, 1.54) is 15.9 Å². The summed E-state index contributed by atoms with van der Waals surface area (Å²) in [5.74, 6) is -0.0314. The second kappa shape index (κ2) is 4.53. The molecule has 0 aliphatic rings. The van der Waals surface area contributed by atoms with E-state index in [2.05, 4.69) is 25.4 Å². The van der Waals surface area contributed by atoms with Crippen LogP contribution in [0.15, 0.2) is 15.7 Å². The Labute approximate surface area is 116 Å². The number of aryl methyl sites for hydroxylation is 1. The van der Waals surface area contributed by atoms with Gasteiger partial charge >= 0.3 is 0 Å². The molecule has 102 valence electrons. The molecule has 9 heteroatoms. The fourth-order valence-electron chi connectivity index (χ4n) is 1.66. The molecule has 0 bridgehead atoms. The van der Waals surface area contributed by atoms with Crippen LogP contribution in [0.4, 0.5) is 5.95 Å². The van der Waals surface area contributed by atoms with Gasteiger partial charge in [0.1, 0.15) is 5.69 Å². The molecule has 0 aromatic carbocycles. The van der Waals surface area contributed by atoms with Gasteiger partial charge in [-0.1, -0.05) is 0 Å². The molecule has 0 radical (unpaired) electrons. The molecule has 0 spiro atoms. The normalized spacial score (nSPS) is 10.9. The van der Waals surface area contributed by atoms with Gasteiger partial charge in [-0.25, -0.2) is 9.97 Å². The highest BCUT2D eigenvalue weighted by molar-refractivity contribution is 7.07. The van der Waals surface area contributed by atoms with Crippen LogP contribution in [-0.2, 0) is 0 Å². The largest absolute Gasteiger partial charge is 0.289 e. The van der Waals surface area contributed by atoms with Crippen LogP contribution >= 0.6 is 11.3 Å². The molecule has 8 nitrogen and oxygen atoms in total. The summed E-state index contributed by atoms with van der Waals surface area (Å²) in [6, 6.07) is 0. The van der Waals surface area contributed by atoms with Gasteiger partial charge in [0.05, 0.1) is 5.51 Å². The third kappa shape index (κ3) is 1.97. The number of hydrogen-bond acceptors (Lipinski definition) is 6. The van der Waals surface area contributed by atoms with Crippen LogP contribution in [0.2, 0.25) is 0 Å². The molecule has 0 saturated carbocycles. The van der Waals surface area contributed by atoms with E-state index in [4.69, 9.17) is 0 Å². The summed E-state index contributed by atoms with van der Waals surface area (Å²) in [7, 11) is 0. The maximum atomic E-state index is 12.0. The second-order valence-electron chi connectivity index (χ2n) is 4.16. The van der Waals surface area contributed by atoms with Crippen molar-refractivity contribution < 1.29 is 4.79 Å². The fraction of sp³-hybridized carbons (Fsp3) is 0.182. The van der Waals surface area contributed by atoms with Crippen molar-refractivity contribution in [2.24, 2.45) is 0 Å². The van der Waals surface area contributed by atoms with E-state index in [1.807, 2.05) is 0 Å². The van der Waals surface area contributed by atoms with Crippen molar-refractivity contribution in [3.8, 4) is 0 Å². The molecule has 3 aromatic rings. The molecule has 1 amide bonds. The summed E-state index contributed by atoms with van der Waals surface area (Å²) in [4.78, 5) is 36.0. The molecule has 0 atom stereocenters. The van der Waals surface area contributed by atoms with Crippen LogP contribution in [0.1, 0.15) is 21.7 Å². The molecule has 20 heavy (non-hydrogen) atoms. The number of rotatable bonds is 2. The van der Waals surface area contributed by atoms with E-state index in [1.54, 1.807) is 24.7 Å².